The molecule has 2 N–H and O–H groups in total. The highest BCUT2D eigenvalue weighted by Crippen LogP contribution is 2.47. The summed E-state index contributed by atoms with van der Waals surface area (Å²) < 4.78 is 7.01. The van der Waals surface area contributed by atoms with Crippen molar-refractivity contribution in [2.75, 3.05) is 0 Å². The molecule has 2 aromatic heterocycles. The van der Waals surface area contributed by atoms with Crippen LogP contribution in [0, 0.1) is 12.8 Å². The van der Waals surface area contributed by atoms with E-state index in [0.29, 0.717) is 12.8 Å². The van der Waals surface area contributed by atoms with E-state index in [1.165, 1.54) is 28.7 Å². The van der Waals surface area contributed by atoms with Crippen molar-refractivity contribution in [1.82, 2.24) is 4.98 Å². The number of hydrogen-bond acceptors (Lipinski definition) is 7. The van der Waals surface area contributed by atoms with Gasteiger partial charge >= 0.3 is 10.8 Å². The number of carbonyl (C=O) groups is 1. The summed E-state index contributed by atoms with van der Waals surface area (Å²) in [7, 11) is 0. The number of aryl methyl sites for hydroxylation is 2. The number of thioether (sulfide) groups is 1. The zero-order valence-electron chi connectivity index (χ0n) is 20.4. The first-order valence-corrected chi connectivity index (χ1v) is 14.0. The average Bonchev–Trinajstić information content (AvgIpc) is 3.37. The van der Waals surface area contributed by atoms with Crippen LogP contribution in [0.3, 0.4) is 0 Å². The van der Waals surface area contributed by atoms with Gasteiger partial charge in [0, 0.05) is 11.3 Å². The Morgan fingerprint density at radius 1 is 1.29 bits per heavy atom. The van der Waals surface area contributed by atoms with Gasteiger partial charge in [-0.05, 0) is 70.7 Å². The van der Waals surface area contributed by atoms with E-state index in [2.05, 4.69) is 37.2 Å². The summed E-state index contributed by atoms with van der Waals surface area (Å²) >= 11 is 4.09. The second-order valence-corrected chi connectivity index (χ2v) is 13.1. The van der Waals surface area contributed by atoms with Crippen molar-refractivity contribution in [2.45, 2.75) is 76.7 Å². The van der Waals surface area contributed by atoms with Crippen molar-refractivity contribution in [3.63, 3.8) is 0 Å². The Labute approximate surface area is 212 Å². The predicted octanol–water partition coefficient (Wildman–Crippen LogP) is 7.09. The lowest BCUT2D eigenvalue weighted by molar-refractivity contribution is -0.164. The molecule has 0 amide bonds. The topological polar surface area (TPSA) is 79.4 Å². The molecule has 1 aromatic carbocycles. The van der Waals surface area contributed by atoms with Crippen LogP contribution in [0.25, 0.3) is 10.2 Å². The first-order chi connectivity index (χ1) is 15.9. The molecule has 0 fully saturated rings. The summed E-state index contributed by atoms with van der Waals surface area (Å²) in [5.74, 6) is -0.336. The summed E-state index contributed by atoms with van der Waals surface area (Å²) in [4.78, 5) is 29.4. The van der Waals surface area contributed by atoms with Crippen LogP contribution in [-0.4, -0.2) is 21.7 Å². The molecule has 34 heavy (non-hydrogen) atoms. The van der Waals surface area contributed by atoms with Crippen LogP contribution < -0.4 is 4.87 Å². The molecule has 1 atom stereocenters. The molecule has 1 aliphatic heterocycles. The zero-order chi connectivity index (χ0) is 24.8. The molecule has 1 aliphatic rings. The number of thiazole rings is 1. The van der Waals surface area contributed by atoms with E-state index in [1.54, 1.807) is 11.3 Å². The van der Waals surface area contributed by atoms with Crippen molar-refractivity contribution in [3.8, 4) is 0 Å². The third-order valence-corrected chi connectivity index (χ3v) is 9.29. The zero-order valence-corrected chi connectivity index (χ0v) is 22.9. The van der Waals surface area contributed by atoms with Crippen LogP contribution >= 0.6 is 34.4 Å². The summed E-state index contributed by atoms with van der Waals surface area (Å²) in [6, 6.07) is 4.08. The SMILES string of the molecule is Cc1cc(SC2=C(O)CC(CCc3ccsc3)(C(C)C)OC2=O)c(C(C)(C)C)c2sc(=O)[nH]c12. The second-order valence-electron chi connectivity index (χ2n) is 10.3. The Bertz CT molecular complexity index is 1310. The molecule has 3 heterocycles. The quantitative estimate of drug-likeness (QED) is 0.341. The first kappa shape index (κ1) is 25.1. The number of aromatic amines is 1. The number of hydrogen-bond donors (Lipinski definition) is 2. The predicted molar refractivity (Wildman–Crippen MR) is 142 cm³/mol. The third kappa shape index (κ3) is 4.72. The molecule has 8 heteroatoms. The van der Waals surface area contributed by atoms with Crippen molar-refractivity contribution < 1.29 is 14.6 Å². The summed E-state index contributed by atoms with van der Waals surface area (Å²) in [5.41, 5.74) is 2.97. The fourth-order valence-electron chi connectivity index (χ4n) is 4.53. The molecule has 5 nitrogen and oxygen atoms in total. The molecule has 182 valence electrons. The molecule has 0 saturated carbocycles. The Hall–Kier alpha value is -2.03. The van der Waals surface area contributed by atoms with Crippen molar-refractivity contribution in [2.24, 2.45) is 5.92 Å². The van der Waals surface area contributed by atoms with Gasteiger partial charge in [-0.2, -0.15) is 11.3 Å². The summed E-state index contributed by atoms with van der Waals surface area (Å²) in [5, 5.41) is 15.3. The fraction of sp³-hybridized carbons (Fsp3) is 0.462. The number of aromatic nitrogens is 1. The van der Waals surface area contributed by atoms with Crippen LogP contribution in [0.15, 0.2) is 43.2 Å². The molecule has 0 radical (unpaired) electrons. The van der Waals surface area contributed by atoms with Gasteiger partial charge in [0.25, 0.3) is 0 Å². The summed E-state index contributed by atoms with van der Waals surface area (Å²) in [6.07, 6.45) is 1.75. The maximum Gasteiger partial charge on any atom is 0.349 e. The number of fused-ring (bicyclic) bond motifs is 1. The molecule has 0 spiro atoms. The number of carbonyl (C=O) groups excluding carboxylic acids is 1. The van der Waals surface area contributed by atoms with Gasteiger partial charge in [0.1, 0.15) is 16.3 Å². The van der Waals surface area contributed by atoms with Gasteiger partial charge in [-0.3, -0.25) is 4.79 Å². The molecule has 3 aromatic rings. The number of H-pyrrole nitrogens is 1. The van der Waals surface area contributed by atoms with Gasteiger partial charge in [-0.25, -0.2) is 4.79 Å². The Balaban J connectivity index is 1.72. The number of aliphatic hydroxyl groups is 1. The van der Waals surface area contributed by atoms with Crippen LogP contribution in [-0.2, 0) is 21.4 Å². The molecule has 0 bridgehead atoms. The lowest BCUT2D eigenvalue weighted by atomic mass is 9.80. The molecule has 0 aliphatic carbocycles. The van der Waals surface area contributed by atoms with E-state index in [9.17, 15) is 14.7 Å². The molecular weight excluding hydrogens is 486 g/mol. The Morgan fingerprint density at radius 3 is 2.62 bits per heavy atom. The van der Waals surface area contributed by atoms with E-state index in [4.69, 9.17) is 4.74 Å². The minimum Gasteiger partial charge on any atom is -0.511 e. The highest BCUT2D eigenvalue weighted by atomic mass is 32.2. The smallest absolute Gasteiger partial charge is 0.349 e. The van der Waals surface area contributed by atoms with Crippen molar-refractivity contribution in [1.29, 1.82) is 0 Å². The molecule has 4 rings (SSSR count). The van der Waals surface area contributed by atoms with Gasteiger partial charge < -0.3 is 14.8 Å². The monoisotopic (exact) mass is 517 g/mol. The van der Waals surface area contributed by atoms with Gasteiger partial charge in [0.05, 0.1) is 10.2 Å². The number of rotatable bonds is 6. The molecular formula is C26H31NO4S3. The third-order valence-electron chi connectivity index (χ3n) is 6.51. The summed E-state index contributed by atoms with van der Waals surface area (Å²) in [6.45, 7) is 12.3. The normalized spacial score (nSPS) is 19.3. The lowest BCUT2D eigenvalue weighted by Crippen LogP contribution is -2.44. The number of cyclic esters (lactones) is 1. The van der Waals surface area contributed by atoms with Crippen LogP contribution in [0.5, 0.6) is 0 Å². The fourth-order valence-corrected chi connectivity index (χ4v) is 7.74. The van der Waals surface area contributed by atoms with Gasteiger partial charge in [0.15, 0.2) is 0 Å². The van der Waals surface area contributed by atoms with Crippen LogP contribution in [0.2, 0.25) is 0 Å². The van der Waals surface area contributed by atoms with Gasteiger partial charge in [-0.1, -0.05) is 57.7 Å². The van der Waals surface area contributed by atoms with Crippen molar-refractivity contribution in [3.05, 3.63) is 59.9 Å². The van der Waals surface area contributed by atoms with Crippen LogP contribution in [0.4, 0.5) is 0 Å². The number of aliphatic hydroxyl groups excluding tert-OH is 1. The number of ether oxygens (including phenoxy) is 1. The van der Waals surface area contributed by atoms with Gasteiger partial charge in [-0.15, -0.1) is 0 Å². The highest BCUT2D eigenvalue weighted by molar-refractivity contribution is 8.04. The van der Waals surface area contributed by atoms with E-state index < -0.39 is 11.6 Å². The Kier molecular flexibility index (Phi) is 6.79. The number of nitrogens with one attached hydrogen (secondary N) is 1. The largest absolute Gasteiger partial charge is 0.511 e. The van der Waals surface area contributed by atoms with E-state index in [-0.39, 0.29) is 26.9 Å². The lowest BCUT2D eigenvalue weighted by Gasteiger charge is -2.40. The van der Waals surface area contributed by atoms with E-state index in [0.717, 1.165) is 32.7 Å². The van der Waals surface area contributed by atoms with Crippen LogP contribution in [0.1, 0.15) is 64.2 Å². The maximum absolute atomic E-state index is 13.3. The van der Waals surface area contributed by atoms with Crippen molar-refractivity contribution >= 4 is 50.6 Å². The highest BCUT2D eigenvalue weighted by Gasteiger charge is 2.44. The van der Waals surface area contributed by atoms with E-state index >= 15 is 0 Å². The standard InChI is InChI=1S/C26H31NO4S3/c1-14(2)26(9-7-16-8-10-32-13-16)12-17(28)21(23(29)31-26)33-18-11-15(3)20-22(34-24(30)27-20)19(18)25(4,5)6/h8,10-11,13-14,28H,7,9,12H2,1-6H3,(H,27,30). The number of benzene rings is 1. The molecule has 1 unspecified atom stereocenters. The molecule has 0 saturated heterocycles. The van der Waals surface area contributed by atoms with E-state index in [1.807, 2.05) is 32.2 Å². The van der Waals surface area contributed by atoms with Gasteiger partial charge in [0.2, 0.25) is 0 Å². The average molecular weight is 518 g/mol. The minimum absolute atomic E-state index is 0.0599. The Morgan fingerprint density at radius 2 is 2.03 bits per heavy atom. The number of thiophene rings is 1. The maximum atomic E-state index is 13.3. The first-order valence-electron chi connectivity index (χ1n) is 11.4. The number of esters is 1. The minimum atomic E-state index is -0.736. The second kappa shape index (κ2) is 9.21.